The third-order valence-corrected chi connectivity index (χ3v) is 8.90. The Kier molecular flexibility index (Phi) is 4.13. The highest BCUT2D eigenvalue weighted by atomic mass is 16.1. The van der Waals surface area contributed by atoms with E-state index >= 15 is 0 Å². The molecule has 2 saturated carbocycles. The molecule has 1 heterocycles. The van der Waals surface area contributed by atoms with E-state index in [9.17, 15) is 4.79 Å². The number of allylic oxidation sites excluding steroid dienone is 2. The van der Waals surface area contributed by atoms with Crippen molar-refractivity contribution in [2.24, 2.45) is 46.3 Å². The second kappa shape index (κ2) is 5.86. The Hall–Kier alpha value is -0.790. The summed E-state index contributed by atoms with van der Waals surface area (Å²) < 4.78 is 0. The quantitative estimate of drug-likeness (QED) is 0.700. The topological polar surface area (TPSA) is 29.1 Å². The number of carbonyl (C=O) groups is 1. The van der Waals surface area contributed by atoms with E-state index in [1.807, 2.05) is 0 Å². The molecule has 4 aliphatic rings. The van der Waals surface area contributed by atoms with E-state index in [1.54, 1.807) is 0 Å². The van der Waals surface area contributed by atoms with Crippen LogP contribution in [0.1, 0.15) is 79.6 Å². The van der Waals surface area contributed by atoms with Gasteiger partial charge in [-0.25, -0.2) is 0 Å². The monoisotopic (exact) mass is 343 g/mol. The molecule has 25 heavy (non-hydrogen) atoms. The Bertz CT molecular complexity index is 593. The van der Waals surface area contributed by atoms with Gasteiger partial charge in [0.1, 0.15) is 0 Å². The number of amides is 1. The predicted molar refractivity (Wildman–Crippen MR) is 103 cm³/mol. The van der Waals surface area contributed by atoms with Gasteiger partial charge in [-0.05, 0) is 79.4 Å². The van der Waals surface area contributed by atoms with Crippen molar-refractivity contribution in [3.63, 3.8) is 0 Å². The van der Waals surface area contributed by atoms with Crippen LogP contribution in [0.2, 0.25) is 0 Å². The first-order valence-corrected chi connectivity index (χ1v) is 10.8. The van der Waals surface area contributed by atoms with Gasteiger partial charge in [0.05, 0.1) is 0 Å². The first kappa shape index (κ1) is 17.6. The second-order valence-electron chi connectivity index (χ2n) is 10.6. The lowest BCUT2D eigenvalue weighted by molar-refractivity contribution is -0.125. The van der Waals surface area contributed by atoms with Crippen molar-refractivity contribution in [3.05, 3.63) is 11.8 Å². The summed E-state index contributed by atoms with van der Waals surface area (Å²) in [4.78, 5) is 12.0. The van der Waals surface area contributed by atoms with Crippen LogP contribution in [-0.2, 0) is 4.79 Å². The Morgan fingerprint density at radius 1 is 1.16 bits per heavy atom. The van der Waals surface area contributed by atoms with Gasteiger partial charge in [-0.15, -0.1) is 0 Å². The molecule has 2 nitrogen and oxygen atoms in total. The Balaban J connectivity index is 1.67. The SMILES string of the molecule is CC(C)CC1CC[C@H]2[C@@H]3C(C)C=C4NC(=O)CC[C@]4(C)[C@@H]3CC[C@]12C. The van der Waals surface area contributed by atoms with Gasteiger partial charge < -0.3 is 5.32 Å². The lowest BCUT2D eigenvalue weighted by atomic mass is 9.47. The van der Waals surface area contributed by atoms with Crippen molar-refractivity contribution >= 4 is 5.91 Å². The molecule has 7 atom stereocenters. The molecule has 2 unspecified atom stereocenters. The average Bonchev–Trinajstić information content (AvgIpc) is 2.85. The minimum atomic E-state index is 0.211. The fourth-order valence-electron chi connectivity index (χ4n) is 7.59. The molecule has 0 radical (unpaired) electrons. The zero-order valence-corrected chi connectivity index (χ0v) is 16.9. The fraction of sp³-hybridized carbons (Fsp3) is 0.870. The van der Waals surface area contributed by atoms with E-state index < -0.39 is 0 Å². The first-order chi connectivity index (χ1) is 11.8. The van der Waals surface area contributed by atoms with Crippen molar-refractivity contribution in [1.29, 1.82) is 0 Å². The highest BCUT2D eigenvalue weighted by Crippen LogP contribution is 2.66. The zero-order chi connectivity index (χ0) is 18.0. The third-order valence-electron chi connectivity index (χ3n) is 8.90. The minimum Gasteiger partial charge on any atom is -0.330 e. The van der Waals surface area contributed by atoms with Crippen LogP contribution in [0.25, 0.3) is 0 Å². The first-order valence-electron chi connectivity index (χ1n) is 10.8. The van der Waals surface area contributed by atoms with Crippen molar-refractivity contribution in [3.8, 4) is 0 Å². The number of rotatable bonds is 2. The summed E-state index contributed by atoms with van der Waals surface area (Å²) in [6.45, 7) is 12.3. The summed E-state index contributed by atoms with van der Waals surface area (Å²) >= 11 is 0. The van der Waals surface area contributed by atoms with Crippen LogP contribution in [-0.4, -0.2) is 5.91 Å². The van der Waals surface area contributed by atoms with Crippen LogP contribution >= 0.6 is 0 Å². The number of piperidine rings is 1. The molecule has 0 aromatic heterocycles. The van der Waals surface area contributed by atoms with Crippen LogP contribution in [0.4, 0.5) is 0 Å². The fourth-order valence-corrected chi connectivity index (χ4v) is 7.59. The molecular formula is C23H37NO. The number of hydrogen-bond acceptors (Lipinski definition) is 1. The molecule has 1 N–H and O–H groups in total. The van der Waals surface area contributed by atoms with E-state index in [-0.39, 0.29) is 11.3 Å². The molecule has 0 bridgehead atoms. The maximum atomic E-state index is 12.0. The highest BCUT2D eigenvalue weighted by Gasteiger charge is 2.60. The van der Waals surface area contributed by atoms with Gasteiger partial charge in [0, 0.05) is 17.5 Å². The number of fused-ring (bicyclic) bond motifs is 5. The Morgan fingerprint density at radius 3 is 2.64 bits per heavy atom. The molecule has 1 saturated heterocycles. The maximum Gasteiger partial charge on any atom is 0.224 e. The van der Waals surface area contributed by atoms with Crippen LogP contribution in [0, 0.1) is 46.3 Å². The number of nitrogens with one attached hydrogen (secondary N) is 1. The predicted octanol–water partition coefficient (Wildman–Crippen LogP) is 5.54. The molecule has 140 valence electrons. The van der Waals surface area contributed by atoms with Gasteiger partial charge in [-0.3, -0.25) is 4.79 Å². The lowest BCUT2D eigenvalue weighted by Crippen LogP contribution is -2.55. The van der Waals surface area contributed by atoms with Crippen LogP contribution in [0.3, 0.4) is 0 Å². The number of carbonyl (C=O) groups excluding carboxylic acids is 1. The lowest BCUT2D eigenvalue weighted by Gasteiger charge is -2.59. The Labute approximate surface area is 154 Å². The van der Waals surface area contributed by atoms with Crippen LogP contribution in [0.5, 0.6) is 0 Å². The van der Waals surface area contributed by atoms with Gasteiger partial charge in [-0.1, -0.05) is 40.7 Å². The summed E-state index contributed by atoms with van der Waals surface area (Å²) in [7, 11) is 0. The van der Waals surface area contributed by atoms with Gasteiger partial charge in [0.2, 0.25) is 5.91 Å². The van der Waals surface area contributed by atoms with Crippen LogP contribution in [0.15, 0.2) is 11.8 Å². The van der Waals surface area contributed by atoms with Crippen molar-refractivity contribution in [2.75, 3.05) is 0 Å². The molecule has 0 aromatic carbocycles. The highest BCUT2D eigenvalue weighted by molar-refractivity contribution is 5.79. The molecule has 1 aliphatic heterocycles. The zero-order valence-electron chi connectivity index (χ0n) is 16.9. The summed E-state index contributed by atoms with van der Waals surface area (Å²) in [6.07, 6.45) is 11.3. The van der Waals surface area contributed by atoms with E-state index in [0.717, 1.165) is 36.0 Å². The Morgan fingerprint density at radius 2 is 1.92 bits per heavy atom. The molecule has 0 spiro atoms. The summed E-state index contributed by atoms with van der Waals surface area (Å²) in [5.74, 6) is 5.05. The van der Waals surface area contributed by atoms with Crippen LogP contribution < -0.4 is 5.32 Å². The maximum absolute atomic E-state index is 12.0. The van der Waals surface area contributed by atoms with Gasteiger partial charge in [-0.2, -0.15) is 0 Å². The van der Waals surface area contributed by atoms with Gasteiger partial charge >= 0.3 is 0 Å². The van der Waals surface area contributed by atoms with Gasteiger partial charge in [0.25, 0.3) is 0 Å². The molecule has 3 fully saturated rings. The van der Waals surface area contributed by atoms with Gasteiger partial charge in [0.15, 0.2) is 0 Å². The second-order valence-corrected chi connectivity index (χ2v) is 10.6. The summed E-state index contributed by atoms with van der Waals surface area (Å²) in [5, 5.41) is 3.25. The molecular weight excluding hydrogens is 306 g/mol. The van der Waals surface area contributed by atoms with E-state index in [2.05, 4.69) is 46.0 Å². The standard InChI is InChI=1S/C23H37NO/c1-14(2)12-16-6-7-17-21-15(3)13-19-23(5,11-9-20(25)24-19)18(21)8-10-22(16,17)4/h13-18,21H,6-12H2,1-5H3,(H,24,25)/t15?,16?,17-,18+,21-,22+,23+/m0/s1. The minimum absolute atomic E-state index is 0.211. The van der Waals surface area contributed by atoms with E-state index in [0.29, 0.717) is 17.8 Å². The summed E-state index contributed by atoms with van der Waals surface area (Å²) in [5.41, 5.74) is 2.03. The molecule has 4 rings (SSSR count). The molecule has 3 aliphatic carbocycles. The molecule has 0 aromatic rings. The molecule has 2 heteroatoms. The smallest absolute Gasteiger partial charge is 0.224 e. The van der Waals surface area contributed by atoms with Crippen molar-refractivity contribution in [1.82, 2.24) is 5.32 Å². The normalized spacial score (nSPS) is 49.1. The van der Waals surface area contributed by atoms with E-state index in [1.165, 1.54) is 37.8 Å². The van der Waals surface area contributed by atoms with Crippen molar-refractivity contribution < 1.29 is 4.79 Å². The number of hydrogen-bond donors (Lipinski definition) is 1. The largest absolute Gasteiger partial charge is 0.330 e. The van der Waals surface area contributed by atoms with E-state index in [4.69, 9.17) is 0 Å². The summed E-state index contributed by atoms with van der Waals surface area (Å²) in [6, 6.07) is 0. The third kappa shape index (κ3) is 2.53. The average molecular weight is 344 g/mol. The van der Waals surface area contributed by atoms with Crippen molar-refractivity contribution in [2.45, 2.75) is 79.6 Å². The molecule has 1 amide bonds.